The van der Waals surface area contributed by atoms with Crippen molar-refractivity contribution in [1.82, 2.24) is 15.1 Å². The fraction of sp³-hybridized carbons (Fsp3) is 0.562. The molecule has 110 valence electrons. The van der Waals surface area contributed by atoms with Gasteiger partial charge in [0.2, 0.25) is 0 Å². The number of carbonyl (C=O) groups is 1. The highest BCUT2D eigenvalue weighted by atomic mass is 16.2. The number of urea groups is 1. The van der Waals surface area contributed by atoms with Crippen LogP contribution in [0.2, 0.25) is 0 Å². The number of likely N-dealkylation sites (tertiary alicyclic amines) is 1. The Balaban J connectivity index is 1.66. The van der Waals surface area contributed by atoms with Gasteiger partial charge in [-0.15, -0.1) is 0 Å². The van der Waals surface area contributed by atoms with Gasteiger partial charge in [-0.2, -0.15) is 0 Å². The van der Waals surface area contributed by atoms with E-state index in [0.29, 0.717) is 6.54 Å². The van der Waals surface area contributed by atoms with Gasteiger partial charge in [0.1, 0.15) is 0 Å². The number of nitrogens with one attached hydrogen (secondary N) is 1. The lowest BCUT2D eigenvalue weighted by Crippen LogP contribution is -2.42. The normalized spacial score (nSPS) is 15.8. The molecule has 0 unspecified atom stereocenters. The van der Waals surface area contributed by atoms with E-state index in [2.05, 4.69) is 10.2 Å². The van der Waals surface area contributed by atoms with Crippen molar-refractivity contribution in [1.29, 1.82) is 0 Å². The Morgan fingerprint density at radius 2 is 1.90 bits per heavy atom. The fourth-order valence-electron chi connectivity index (χ4n) is 2.48. The molecule has 1 heterocycles. The van der Waals surface area contributed by atoms with E-state index in [1.165, 1.54) is 32.4 Å². The second-order valence-electron chi connectivity index (χ2n) is 5.47. The first-order valence-electron chi connectivity index (χ1n) is 7.51. The highest BCUT2D eigenvalue weighted by Gasteiger charge is 2.13. The van der Waals surface area contributed by atoms with Crippen LogP contribution in [0.4, 0.5) is 4.79 Å². The number of hydrogen-bond acceptors (Lipinski definition) is 2. The van der Waals surface area contributed by atoms with Gasteiger partial charge in [-0.3, -0.25) is 0 Å². The molecule has 1 aromatic carbocycles. The van der Waals surface area contributed by atoms with E-state index in [9.17, 15) is 4.79 Å². The molecule has 2 rings (SSSR count). The van der Waals surface area contributed by atoms with Crippen molar-refractivity contribution in [3.05, 3.63) is 35.9 Å². The molecule has 1 aliphatic heterocycles. The van der Waals surface area contributed by atoms with Crippen LogP contribution >= 0.6 is 0 Å². The van der Waals surface area contributed by atoms with Gasteiger partial charge in [0.15, 0.2) is 0 Å². The Hall–Kier alpha value is -1.55. The zero-order chi connectivity index (χ0) is 14.2. The van der Waals surface area contributed by atoms with Crippen LogP contribution in [0, 0.1) is 0 Å². The molecule has 1 N–H and O–H groups in total. The van der Waals surface area contributed by atoms with Gasteiger partial charge in [-0.1, -0.05) is 36.8 Å². The average Bonchev–Trinajstić information content (AvgIpc) is 2.52. The number of nitrogens with zero attached hydrogens (tertiary/aromatic N) is 2. The zero-order valence-corrected chi connectivity index (χ0v) is 12.3. The van der Waals surface area contributed by atoms with Crippen LogP contribution in [0.3, 0.4) is 0 Å². The van der Waals surface area contributed by atoms with Crippen LogP contribution in [-0.4, -0.2) is 49.1 Å². The Labute approximate surface area is 121 Å². The van der Waals surface area contributed by atoms with E-state index in [4.69, 9.17) is 0 Å². The van der Waals surface area contributed by atoms with Crippen LogP contribution in [0.5, 0.6) is 0 Å². The van der Waals surface area contributed by atoms with Crippen molar-refractivity contribution in [3.63, 3.8) is 0 Å². The van der Waals surface area contributed by atoms with E-state index in [1.54, 1.807) is 4.90 Å². The van der Waals surface area contributed by atoms with Crippen molar-refractivity contribution in [2.75, 3.05) is 33.2 Å². The highest BCUT2D eigenvalue weighted by Crippen LogP contribution is 2.08. The maximum absolute atomic E-state index is 12.0. The van der Waals surface area contributed by atoms with Crippen molar-refractivity contribution in [3.8, 4) is 0 Å². The van der Waals surface area contributed by atoms with Crippen molar-refractivity contribution in [2.24, 2.45) is 0 Å². The first kappa shape index (κ1) is 14.9. The van der Waals surface area contributed by atoms with Gasteiger partial charge < -0.3 is 15.1 Å². The first-order chi connectivity index (χ1) is 9.75. The van der Waals surface area contributed by atoms with E-state index >= 15 is 0 Å². The summed E-state index contributed by atoms with van der Waals surface area (Å²) in [5, 5.41) is 2.95. The molecule has 0 radical (unpaired) electrons. The molecule has 0 aromatic heterocycles. The summed E-state index contributed by atoms with van der Waals surface area (Å²) in [7, 11) is 1.87. The monoisotopic (exact) mass is 275 g/mol. The van der Waals surface area contributed by atoms with Crippen molar-refractivity contribution < 1.29 is 4.79 Å². The summed E-state index contributed by atoms with van der Waals surface area (Å²) < 4.78 is 0. The summed E-state index contributed by atoms with van der Waals surface area (Å²) in [6.45, 7) is 4.72. The summed E-state index contributed by atoms with van der Waals surface area (Å²) >= 11 is 0. The quantitative estimate of drug-likeness (QED) is 0.895. The zero-order valence-electron chi connectivity index (χ0n) is 12.3. The van der Waals surface area contributed by atoms with Crippen molar-refractivity contribution in [2.45, 2.75) is 25.8 Å². The number of hydrogen-bond donors (Lipinski definition) is 1. The van der Waals surface area contributed by atoms with E-state index in [-0.39, 0.29) is 6.03 Å². The smallest absolute Gasteiger partial charge is 0.317 e. The molecule has 1 fully saturated rings. The standard InChI is InChI=1S/C16H25N3O/c1-18(12-13-19-10-6-3-7-11-19)16(20)17-14-15-8-4-2-5-9-15/h2,4-5,8-9H,3,6-7,10-14H2,1H3,(H,17,20). The third-order valence-electron chi connectivity index (χ3n) is 3.83. The molecule has 2 amide bonds. The second-order valence-corrected chi connectivity index (χ2v) is 5.47. The molecule has 0 spiro atoms. The molecule has 0 saturated carbocycles. The number of rotatable bonds is 5. The van der Waals surface area contributed by atoms with E-state index in [0.717, 1.165) is 18.7 Å². The second kappa shape index (κ2) is 7.90. The lowest BCUT2D eigenvalue weighted by atomic mass is 10.1. The highest BCUT2D eigenvalue weighted by molar-refractivity contribution is 5.73. The number of carbonyl (C=O) groups excluding carboxylic acids is 1. The number of piperidine rings is 1. The SMILES string of the molecule is CN(CCN1CCCCC1)C(=O)NCc1ccccc1. The van der Waals surface area contributed by atoms with E-state index < -0.39 is 0 Å². The van der Waals surface area contributed by atoms with Gasteiger partial charge in [0.05, 0.1) is 0 Å². The largest absolute Gasteiger partial charge is 0.334 e. The summed E-state index contributed by atoms with van der Waals surface area (Å²) in [5.74, 6) is 0. The molecule has 20 heavy (non-hydrogen) atoms. The lowest BCUT2D eigenvalue weighted by Gasteiger charge is -2.28. The van der Waals surface area contributed by atoms with Crippen LogP contribution in [-0.2, 0) is 6.54 Å². The van der Waals surface area contributed by atoms with Crippen LogP contribution in [0.15, 0.2) is 30.3 Å². The Bertz CT molecular complexity index is 401. The summed E-state index contributed by atoms with van der Waals surface area (Å²) in [5.41, 5.74) is 1.13. The predicted molar refractivity (Wildman–Crippen MR) is 81.6 cm³/mol. The molecule has 0 bridgehead atoms. The minimum Gasteiger partial charge on any atom is -0.334 e. The van der Waals surface area contributed by atoms with Gasteiger partial charge in [0.25, 0.3) is 0 Å². The van der Waals surface area contributed by atoms with Gasteiger partial charge in [-0.25, -0.2) is 4.79 Å². The topological polar surface area (TPSA) is 35.6 Å². The minimum atomic E-state index is 0.00543. The Kier molecular flexibility index (Phi) is 5.87. The maximum Gasteiger partial charge on any atom is 0.317 e. The Morgan fingerprint density at radius 3 is 2.60 bits per heavy atom. The number of amides is 2. The molecule has 1 aromatic rings. The van der Waals surface area contributed by atoms with Gasteiger partial charge in [-0.05, 0) is 31.5 Å². The molecule has 4 nitrogen and oxygen atoms in total. The number of benzene rings is 1. The fourth-order valence-corrected chi connectivity index (χ4v) is 2.48. The van der Waals surface area contributed by atoms with Crippen LogP contribution < -0.4 is 5.32 Å². The summed E-state index contributed by atoms with van der Waals surface area (Å²) in [6, 6.07) is 10.0. The average molecular weight is 275 g/mol. The molecular formula is C16H25N3O. The molecule has 1 aliphatic rings. The molecule has 0 atom stereocenters. The molecule has 0 aliphatic carbocycles. The molecule has 4 heteroatoms. The summed E-state index contributed by atoms with van der Waals surface area (Å²) in [6.07, 6.45) is 3.94. The van der Waals surface area contributed by atoms with Crippen LogP contribution in [0.1, 0.15) is 24.8 Å². The molecular weight excluding hydrogens is 250 g/mol. The van der Waals surface area contributed by atoms with Gasteiger partial charge in [0, 0.05) is 26.7 Å². The molecule has 1 saturated heterocycles. The third-order valence-corrected chi connectivity index (χ3v) is 3.83. The minimum absolute atomic E-state index is 0.00543. The van der Waals surface area contributed by atoms with E-state index in [1.807, 2.05) is 37.4 Å². The maximum atomic E-state index is 12.0. The van der Waals surface area contributed by atoms with Crippen molar-refractivity contribution >= 4 is 6.03 Å². The lowest BCUT2D eigenvalue weighted by molar-refractivity contribution is 0.183. The number of likely N-dealkylation sites (N-methyl/N-ethyl adjacent to an activating group) is 1. The first-order valence-corrected chi connectivity index (χ1v) is 7.51. The van der Waals surface area contributed by atoms with Crippen LogP contribution in [0.25, 0.3) is 0 Å². The predicted octanol–water partition coefficient (Wildman–Crippen LogP) is 2.31. The Morgan fingerprint density at radius 1 is 1.20 bits per heavy atom. The third kappa shape index (κ3) is 4.85. The summed E-state index contributed by atoms with van der Waals surface area (Å²) in [4.78, 5) is 16.2. The van der Waals surface area contributed by atoms with Gasteiger partial charge >= 0.3 is 6.03 Å².